The van der Waals surface area contributed by atoms with Gasteiger partial charge in [-0.2, -0.15) is 0 Å². The quantitative estimate of drug-likeness (QED) is 0.333. The zero-order valence-electron chi connectivity index (χ0n) is 17.3. The van der Waals surface area contributed by atoms with Crippen LogP contribution in [0.2, 0.25) is 5.02 Å². The average molecular weight is 432 g/mol. The first-order valence-corrected chi connectivity index (χ1v) is 10.5. The lowest BCUT2D eigenvalue weighted by Crippen LogP contribution is -2.17. The van der Waals surface area contributed by atoms with E-state index < -0.39 is 5.82 Å². The van der Waals surface area contributed by atoms with Crippen molar-refractivity contribution < 1.29 is 4.39 Å². The number of rotatable bonds is 7. The summed E-state index contributed by atoms with van der Waals surface area (Å²) in [5.74, 6) is -0.427. The molecule has 0 bridgehead atoms. The summed E-state index contributed by atoms with van der Waals surface area (Å²) in [4.78, 5) is 9.76. The van der Waals surface area contributed by atoms with Crippen molar-refractivity contribution >= 4 is 33.9 Å². The lowest BCUT2D eigenvalue weighted by atomic mass is 9.95. The maximum atomic E-state index is 13.9. The van der Waals surface area contributed by atoms with Crippen LogP contribution in [0, 0.1) is 5.82 Å². The molecular formula is C26H23ClFN3. The van der Waals surface area contributed by atoms with Crippen LogP contribution < -0.4 is 0 Å². The van der Waals surface area contributed by atoms with Crippen molar-refractivity contribution in [3.05, 3.63) is 113 Å². The van der Waals surface area contributed by atoms with E-state index in [1.165, 1.54) is 6.07 Å². The molecule has 0 saturated carbocycles. The second kappa shape index (κ2) is 9.19. The summed E-state index contributed by atoms with van der Waals surface area (Å²) in [7, 11) is 0. The summed E-state index contributed by atoms with van der Waals surface area (Å²) >= 11 is 6.14. The SMILES string of the molecule is C=CN(Cc1ccccc1)/C(=C(\CC)c1ccc(F)c(Cl)c1)c1ccnc2[nH]ccc12. The zero-order valence-corrected chi connectivity index (χ0v) is 18.0. The Morgan fingerprint density at radius 2 is 1.97 bits per heavy atom. The number of halogens is 2. The van der Waals surface area contributed by atoms with Crippen LogP contribution in [0.25, 0.3) is 22.3 Å². The number of H-pyrrole nitrogens is 1. The molecule has 0 radical (unpaired) electrons. The molecule has 4 aromatic rings. The topological polar surface area (TPSA) is 31.9 Å². The van der Waals surface area contributed by atoms with Crippen LogP contribution in [0.3, 0.4) is 0 Å². The van der Waals surface area contributed by atoms with E-state index in [9.17, 15) is 4.39 Å². The summed E-state index contributed by atoms with van der Waals surface area (Å²) in [6.07, 6.45) is 6.24. The van der Waals surface area contributed by atoms with E-state index in [1.54, 1.807) is 18.3 Å². The largest absolute Gasteiger partial charge is 0.346 e. The van der Waals surface area contributed by atoms with Crippen LogP contribution in [0.15, 0.2) is 85.8 Å². The number of nitrogens with zero attached hydrogens (tertiary/aromatic N) is 2. The van der Waals surface area contributed by atoms with Crippen molar-refractivity contribution in [3.8, 4) is 0 Å². The van der Waals surface area contributed by atoms with Crippen molar-refractivity contribution in [3.63, 3.8) is 0 Å². The Morgan fingerprint density at radius 3 is 2.68 bits per heavy atom. The third kappa shape index (κ3) is 4.25. The molecule has 0 saturated heterocycles. The van der Waals surface area contributed by atoms with Gasteiger partial charge < -0.3 is 9.88 Å². The molecule has 0 unspecified atom stereocenters. The molecule has 2 aromatic heterocycles. The van der Waals surface area contributed by atoms with E-state index >= 15 is 0 Å². The first kappa shape index (κ1) is 20.9. The minimum atomic E-state index is -0.427. The molecule has 0 fully saturated rings. The fraction of sp³-hybridized carbons (Fsp3) is 0.115. The van der Waals surface area contributed by atoms with Gasteiger partial charge in [0.05, 0.1) is 10.7 Å². The second-order valence-electron chi connectivity index (χ2n) is 7.20. The molecule has 2 heterocycles. The maximum Gasteiger partial charge on any atom is 0.141 e. The fourth-order valence-corrected chi connectivity index (χ4v) is 4.05. The Balaban J connectivity index is 1.97. The van der Waals surface area contributed by atoms with Crippen LogP contribution in [0.1, 0.15) is 30.0 Å². The molecule has 0 spiro atoms. The van der Waals surface area contributed by atoms with Crippen LogP contribution in [-0.4, -0.2) is 14.9 Å². The third-order valence-electron chi connectivity index (χ3n) is 5.33. The molecule has 0 aliphatic heterocycles. The highest BCUT2D eigenvalue weighted by molar-refractivity contribution is 6.31. The average Bonchev–Trinajstić information content (AvgIpc) is 3.28. The van der Waals surface area contributed by atoms with Gasteiger partial charge in [0.2, 0.25) is 0 Å². The van der Waals surface area contributed by atoms with E-state index in [2.05, 4.69) is 40.5 Å². The maximum absolute atomic E-state index is 13.9. The standard InChI is InChI=1S/C26H23ClFN3/c1-3-20(19-10-11-24(28)23(27)16-19)25(21-12-14-29-26-22(21)13-15-30-26)31(4-2)17-18-8-6-5-7-9-18/h4-16H,2-3,17H2,1H3,(H,29,30)/b25-20+. The lowest BCUT2D eigenvalue weighted by molar-refractivity contribution is 0.528. The van der Waals surface area contributed by atoms with Gasteiger partial charge in [0.1, 0.15) is 11.5 Å². The number of hydrogen-bond acceptors (Lipinski definition) is 2. The van der Waals surface area contributed by atoms with Crippen molar-refractivity contribution in [2.24, 2.45) is 0 Å². The molecule has 4 rings (SSSR count). The number of fused-ring (bicyclic) bond motifs is 1. The summed E-state index contributed by atoms with van der Waals surface area (Å²) < 4.78 is 13.9. The van der Waals surface area contributed by atoms with E-state index in [-0.39, 0.29) is 5.02 Å². The smallest absolute Gasteiger partial charge is 0.141 e. The van der Waals surface area contributed by atoms with E-state index in [4.69, 9.17) is 11.6 Å². The molecule has 1 N–H and O–H groups in total. The van der Waals surface area contributed by atoms with Gasteiger partial charge in [-0.05, 0) is 53.6 Å². The number of nitrogens with one attached hydrogen (secondary N) is 1. The fourth-order valence-electron chi connectivity index (χ4n) is 3.87. The van der Waals surface area contributed by atoms with Gasteiger partial charge in [-0.25, -0.2) is 9.37 Å². The molecule has 0 aliphatic carbocycles. The van der Waals surface area contributed by atoms with Crippen LogP contribution in [-0.2, 0) is 6.54 Å². The molecule has 0 atom stereocenters. The molecule has 2 aromatic carbocycles. The Labute approximate surface area is 186 Å². The highest BCUT2D eigenvalue weighted by Gasteiger charge is 2.20. The molecule has 0 amide bonds. The number of aromatic nitrogens is 2. The lowest BCUT2D eigenvalue weighted by Gasteiger charge is -2.28. The van der Waals surface area contributed by atoms with Crippen LogP contribution in [0.5, 0.6) is 0 Å². The summed E-state index contributed by atoms with van der Waals surface area (Å²) in [5.41, 5.74) is 5.92. The van der Waals surface area contributed by atoms with Gasteiger partial charge in [-0.15, -0.1) is 0 Å². The van der Waals surface area contributed by atoms with Crippen LogP contribution in [0.4, 0.5) is 4.39 Å². The Morgan fingerprint density at radius 1 is 1.16 bits per heavy atom. The Kier molecular flexibility index (Phi) is 6.19. The summed E-state index contributed by atoms with van der Waals surface area (Å²) in [5, 5.41) is 1.12. The third-order valence-corrected chi connectivity index (χ3v) is 5.62. The molecule has 5 heteroatoms. The number of benzene rings is 2. The number of pyridine rings is 1. The van der Waals surface area contributed by atoms with Gasteiger partial charge in [-0.3, -0.25) is 0 Å². The monoisotopic (exact) mass is 431 g/mol. The highest BCUT2D eigenvalue weighted by Crippen LogP contribution is 2.36. The molecule has 156 valence electrons. The predicted octanol–water partition coefficient (Wildman–Crippen LogP) is 7.28. The van der Waals surface area contributed by atoms with Crippen molar-refractivity contribution in [2.45, 2.75) is 19.9 Å². The van der Waals surface area contributed by atoms with Gasteiger partial charge in [0.25, 0.3) is 0 Å². The van der Waals surface area contributed by atoms with Crippen molar-refractivity contribution in [2.75, 3.05) is 0 Å². The second-order valence-corrected chi connectivity index (χ2v) is 7.61. The number of aromatic amines is 1. The number of hydrogen-bond donors (Lipinski definition) is 1. The first-order valence-electron chi connectivity index (χ1n) is 10.2. The molecule has 31 heavy (non-hydrogen) atoms. The summed E-state index contributed by atoms with van der Waals surface area (Å²) in [6.45, 7) is 6.83. The van der Waals surface area contributed by atoms with Gasteiger partial charge >= 0.3 is 0 Å². The molecule has 0 aliphatic rings. The van der Waals surface area contributed by atoms with Crippen LogP contribution >= 0.6 is 11.6 Å². The van der Waals surface area contributed by atoms with E-state index in [0.717, 1.165) is 45.4 Å². The Bertz CT molecular complexity index is 1240. The van der Waals surface area contributed by atoms with Gasteiger partial charge in [-0.1, -0.05) is 61.5 Å². The van der Waals surface area contributed by atoms with E-state index in [1.807, 2.05) is 42.7 Å². The normalized spacial score (nSPS) is 12.0. The van der Waals surface area contributed by atoms with Gasteiger partial charge in [0, 0.05) is 29.9 Å². The highest BCUT2D eigenvalue weighted by atomic mass is 35.5. The number of allylic oxidation sites excluding steroid dienone is 1. The van der Waals surface area contributed by atoms with Gasteiger partial charge in [0.15, 0.2) is 0 Å². The minimum Gasteiger partial charge on any atom is -0.346 e. The van der Waals surface area contributed by atoms with E-state index in [0.29, 0.717) is 6.54 Å². The Hall–Kier alpha value is -3.37. The summed E-state index contributed by atoms with van der Waals surface area (Å²) in [6, 6.07) is 19.1. The molecular weight excluding hydrogens is 409 g/mol. The van der Waals surface area contributed by atoms with Crippen molar-refractivity contribution in [1.29, 1.82) is 0 Å². The predicted molar refractivity (Wildman–Crippen MR) is 127 cm³/mol. The zero-order chi connectivity index (χ0) is 21.8. The minimum absolute atomic E-state index is 0.109. The van der Waals surface area contributed by atoms with Crippen molar-refractivity contribution in [1.82, 2.24) is 14.9 Å². The first-order chi connectivity index (χ1) is 15.1. The molecule has 3 nitrogen and oxygen atoms in total.